The lowest BCUT2D eigenvalue weighted by atomic mass is 10.1. The minimum Gasteiger partial charge on any atom is -0.497 e. The second kappa shape index (κ2) is 6.04. The van der Waals surface area contributed by atoms with Gasteiger partial charge in [-0.15, -0.1) is 0 Å². The highest BCUT2D eigenvalue weighted by Crippen LogP contribution is 2.33. The number of ether oxygens (including phenoxy) is 1. The number of hydrogen-bond donors (Lipinski definition) is 0. The standard InChI is InChI=1S/C17H11F3NOS/c1-22-14-8-4-11(5-9-14)15-10-16(23-21-15)12-2-6-13(7-3-12)17(18,19)20/h2-9H,1H3. The van der Waals surface area contributed by atoms with Crippen LogP contribution in [0.15, 0.2) is 48.5 Å². The number of aromatic nitrogens is 1. The molecule has 1 radical (unpaired) electrons. The molecule has 0 saturated heterocycles. The van der Waals surface area contributed by atoms with Crippen LogP contribution in [0.5, 0.6) is 5.75 Å². The first kappa shape index (κ1) is 15.6. The maximum atomic E-state index is 12.6. The van der Waals surface area contributed by atoms with Crippen molar-refractivity contribution in [2.24, 2.45) is 0 Å². The smallest absolute Gasteiger partial charge is 0.416 e. The van der Waals surface area contributed by atoms with Crippen molar-refractivity contribution in [3.63, 3.8) is 0 Å². The third-order valence-corrected chi connectivity index (χ3v) is 4.09. The van der Waals surface area contributed by atoms with Gasteiger partial charge in [0.15, 0.2) is 0 Å². The fourth-order valence-electron chi connectivity index (χ4n) is 2.05. The molecule has 0 aliphatic carbocycles. The van der Waals surface area contributed by atoms with Crippen LogP contribution >= 0.6 is 11.5 Å². The second-order valence-electron chi connectivity index (χ2n) is 4.79. The number of rotatable bonds is 3. The molecule has 1 heterocycles. The first-order valence-electron chi connectivity index (χ1n) is 6.68. The van der Waals surface area contributed by atoms with E-state index < -0.39 is 11.7 Å². The topological polar surface area (TPSA) is 22.1 Å². The molecule has 3 aromatic rings. The van der Waals surface area contributed by atoms with E-state index >= 15 is 0 Å². The molecule has 0 spiro atoms. The molecule has 0 amide bonds. The van der Waals surface area contributed by atoms with Gasteiger partial charge in [0.05, 0.1) is 23.2 Å². The van der Waals surface area contributed by atoms with Gasteiger partial charge in [0, 0.05) is 11.6 Å². The summed E-state index contributed by atoms with van der Waals surface area (Å²) in [5.74, 6) is 0.743. The summed E-state index contributed by atoms with van der Waals surface area (Å²) < 4.78 is 47.2. The minimum atomic E-state index is -4.33. The van der Waals surface area contributed by atoms with E-state index in [4.69, 9.17) is 4.74 Å². The van der Waals surface area contributed by atoms with E-state index in [1.165, 1.54) is 23.7 Å². The minimum absolute atomic E-state index is 0.660. The zero-order chi connectivity index (χ0) is 16.4. The highest BCUT2D eigenvalue weighted by molar-refractivity contribution is 7.09. The molecule has 2 nitrogen and oxygen atoms in total. The van der Waals surface area contributed by atoms with Gasteiger partial charge in [-0.05, 0) is 53.5 Å². The lowest BCUT2D eigenvalue weighted by Gasteiger charge is -2.06. The average Bonchev–Trinajstić information content (AvgIpc) is 3.04. The Morgan fingerprint density at radius 2 is 1.57 bits per heavy atom. The average molecular weight is 334 g/mol. The molecular formula is C17H11F3NOS. The van der Waals surface area contributed by atoms with Gasteiger partial charge < -0.3 is 4.74 Å². The van der Waals surface area contributed by atoms with Gasteiger partial charge in [-0.3, -0.25) is 0 Å². The molecule has 1 aromatic heterocycles. The first-order valence-corrected chi connectivity index (χ1v) is 7.46. The number of hydrogen-bond acceptors (Lipinski definition) is 3. The number of halogens is 3. The van der Waals surface area contributed by atoms with E-state index in [0.717, 1.165) is 23.4 Å². The highest BCUT2D eigenvalue weighted by atomic mass is 32.1. The predicted octanol–water partition coefficient (Wildman–Crippen LogP) is 5.30. The number of nitrogens with zero attached hydrogens (tertiary/aromatic N) is 1. The van der Waals surface area contributed by atoms with E-state index in [1.807, 2.05) is 24.3 Å². The Morgan fingerprint density at radius 3 is 2.13 bits per heavy atom. The van der Waals surface area contributed by atoms with Crippen LogP contribution in [0, 0.1) is 6.07 Å². The Bertz CT molecular complexity index is 792. The molecule has 0 bridgehead atoms. The van der Waals surface area contributed by atoms with Crippen LogP contribution in [-0.2, 0) is 6.18 Å². The van der Waals surface area contributed by atoms with E-state index in [2.05, 4.69) is 10.4 Å². The summed E-state index contributed by atoms with van der Waals surface area (Å²) in [6.45, 7) is 0. The Balaban J connectivity index is 1.86. The van der Waals surface area contributed by atoms with Crippen LogP contribution in [0.1, 0.15) is 5.56 Å². The highest BCUT2D eigenvalue weighted by Gasteiger charge is 2.30. The predicted molar refractivity (Wildman–Crippen MR) is 83.4 cm³/mol. The molecule has 0 atom stereocenters. The largest absolute Gasteiger partial charge is 0.497 e. The van der Waals surface area contributed by atoms with Gasteiger partial charge >= 0.3 is 6.18 Å². The molecule has 2 aromatic carbocycles. The number of methoxy groups -OCH3 is 1. The van der Waals surface area contributed by atoms with Crippen molar-refractivity contribution in [2.45, 2.75) is 6.18 Å². The fraction of sp³-hybridized carbons (Fsp3) is 0.118. The van der Waals surface area contributed by atoms with Gasteiger partial charge in [0.1, 0.15) is 5.75 Å². The third-order valence-electron chi connectivity index (χ3n) is 3.30. The summed E-state index contributed by atoms with van der Waals surface area (Å²) in [6.07, 6.45) is -4.33. The summed E-state index contributed by atoms with van der Waals surface area (Å²) in [4.78, 5) is 0.699. The summed E-state index contributed by atoms with van der Waals surface area (Å²) in [7, 11) is 1.59. The van der Waals surface area contributed by atoms with Crippen molar-refractivity contribution in [1.82, 2.24) is 4.37 Å². The maximum absolute atomic E-state index is 12.6. The van der Waals surface area contributed by atoms with Crippen molar-refractivity contribution < 1.29 is 17.9 Å². The van der Waals surface area contributed by atoms with E-state index in [0.29, 0.717) is 16.1 Å². The SMILES string of the molecule is COc1ccc(-c2[c]c(-c3ccc(C(F)(F)F)cc3)sn2)cc1. The first-order chi connectivity index (χ1) is 11.0. The molecule has 23 heavy (non-hydrogen) atoms. The van der Waals surface area contributed by atoms with Crippen LogP contribution in [0.2, 0.25) is 0 Å². The van der Waals surface area contributed by atoms with Gasteiger partial charge in [-0.1, -0.05) is 12.1 Å². The van der Waals surface area contributed by atoms with Crippen molar-refractivity contribution in [3.05, 3.63) is 60.2 Å². The van der Waals surface area contributed by atoms with Crippen molar-refractivity contribution in [3.8, 4) is 27.4 Å². The molecule has 0 fully saturated rings. The Kier molecular flexibility index (Phi) is 4.09. The van der Waals surface area contributed by atoms with Crippen LogP contribution in [0.25, 0.3) is 21.7 Å². The Morgan fingerprint density at radius 1 is 0.957 bits per heavy atom. The zero-order valence-corrected chi connectivity index (χ0v) is 12.8. The third kappa shape index (κ3) is 3.37. The second-order valence-corrected chi connectivity index (χ2v) is 5.56. The van der Waals surface area contributed by atoms with Gasteiger partial charge in [0.2, 0.25) is 0 Å². The lowest BCUT2D eigenvalue weighted by Crippen LogP contribution is -2.03. The van der Waals surface area contributed by atoms with Crippen LogP contribution < -0.4 is 4.74 Å². The van der Waals surface area contributed by atoms with E-state index in [-0.39, 0.29) is 0 Å². The van der Waals surface area contributed by atoms with Crippen LogP contribution in [0.3, 0.4) is 0 Å². The summed E-state index contributed by atoms with van der Waals surface area (Å²) in [5, 5.41) is 0. The Labute approximate surface area is 135 Å². The molecule has 0 saturated carbocycles. The zero-order valence-electron chi connectivity index (χ0n) is 12.0. The number of alkyl halides is 3. The molecule has 0 aliphatic rings. The van der Waals surface area contributed by atoms with Crippen LogP contribution in [0.4, 0.5) is 13.2 Å². The number of benzene rings is 2. The fourth-order valence-corrected chi connectivity index (χ4v) is 2.77. The monoisotopic (exact) mass is 334 g/mol. The molecule has 0 aliphatic heterocycles. The molecule has 0 N–H and O–H groups in total. The van der Waals surface area contributed by atoms with Crippen molar-refractivity contribution >= 4 is 11.5 Å². The Hall–Kier alpha value is -2.34. The van der Waals surface area contributed by atoms with Gasteiger partial charge in [-0.25, -0.2) is 0 Å². The van der Waals surface area contributed by atoms with Gasteiger partial charge in [0.25, 0.3) is 0 Å². The van der Waals surface area contributed by atoms with Crippen molar-refractivity contribution in [1.29, 1.82) is 0 Å². The molecule has 3 rings (SSSR count). The van der Waals surface area contributed by atoms with Crippen molar-refractivity contribution in [2.75, 3.05) is 7.11 Å². The summed E-state index contributed by atoms with van der Waals surface area (Å²) in [6, 6.07) is 15.5. The van der Waals surface area contributed by atoms with E-state index in [9.17, 15) is 13.2 Å². The molecular weight excluding hydrogens is 323 g/mol. The van der Waals surface area contributed by atoms with Gasteiger partial charge in [-0.2, -0.15) is 17.5 Å². The molecule has 0 unspecified atom stereocenters. The van der Waals surface area contributed by atoms with Crippen LogP contribution in [-0.4, -0.2) is 11.5 Å². The maximum Gasteiger partial charge on any atom is 0.416 e. The van der Waals surface area contributed by atoms with E-state index in [1.54, 1.807) is 7.11 Å². The summed E-state index contributed by atoms with van der Waals surface area (Å²) >= 11 is 1.20. The molecule has 117 valence electrons. The normalized spacial score (nSPS) is 11.5. The molecule has 6 heteroatoms. The summed E-state index contributed by atoms with van der Waals surface area (Å²) in [5.41, 5.74) is 1.53. The lowest BCUT2D eigenvalue weighted by molar-refractivity contribution is -0.137. The quantitative estimate of drug-likeness (QED) is 0.648.